The predicted octanol–water partition coefficient (Wildman–Crippen LogP) is 2.58. The number of imidazole rings is 1. The van der Waals surface area contributed by atoms with Crippen LogP contribution in [0.15, 0.2) is 42.7 Å². The quantitative estimate of drug-likeness (QED) is 0.858. The first kappa shape index (κ1) is 12.7. The lowest BCUT2D eigenvalue weighted by atomic mass is 10.3. The molecule has 1 saturated carbocycles. The molecule has 0 radical (unpaired) electrons. The Bertz CT molecular complexity index is 590. The van der Waals surface area contributed by atoms with E-state index in [1.54, 1.807) is 23.2 Å². The van der Waals surface area contributed by atoms with Gasteiger partial charge in [-0.3, -0.25) is 4.90 Å². The molecule has 5 heteroatoms. The first-order chi connectivity index (χ1) is 9.74. The van der Waals surface area contributed by atoms with E-state index in [9.17, 15) is 4.79 Å². The highest BCUT2D eigenvalue weighted by Crippen LogP contribution is 2.29. The standard InChI is InChI=1S/C15H17N3O2/c1-17-10-9-16-14(17)11-18(12-7-8-12)15(19)20-13-5-3-2-4-6-13/h2-6,9-10,12H,7-8,11H2,1H3. The number of benzene rings is 1. The van der Waals surface area contributed by atoms with Crippen LogP contribution in [0.25, 0.3) is 0 Å². The number of ether oxygens (including phenoxy) is 1. The van der Waals surface area contributed by atoms with E-state index in [0.717, 1.165) is 18.7 Å². The summed E-state index contributed by atoms with van der Waals surface area (Å²) in [5.74, 6) is 1.44. The fraction of sp³-hybridized carbons (Fsp3) is 0.333. The number of aryl methyl sites for hydroxylation is 1. The van der Waals surface area contributed by atoms with E-state index in [4.69, 9.17) is 4.74 Å². The van der Waals surface area contributed by atoms with E-state index in [0.29, 0.717) is 12.3 Å². The summed E-state index contributed by atoms with van der Waals surface area (Å²) in [4.78, 5) is 18.3. The molecule has 1 aliphatic rings. The molecule has 0 spiro atoms. The van der Waals surface area contributed by atoms with Crippen molar-refractivity contribution in [1.82, 2.24) is 14.5 Å². The van der Waals surface area contributed by atoms with E-state index in [1.807, 2.05) is 36.0 Å². The molecule has 0 saturated heterocycles. The second-order valence-corrected chi connectivity index (χ2v) is 4.99. The number of amides is 1. The van der Waals surface area contributed by atoms with Crippen molar-refractivity contribution in [1.29, 1.82) is 0 Å². The number of para-hydroxylation sites is 1. The Morgan fingerprint density at radius 1 is 1.40 bits per heavy atom. The minimum Gasteiger partial charge on any atom is -0.410 e. The molecule has 1 fully saturated rings. The number of nitrogens with zero attached hydrogens (tertiary/aromatic N) is 3. The summed E-state index contributed by atoms with van der Waals surface area (Å²) in [7, 11) is 1.93. The number of rotatable bonds is 4. The zero-order valence-electron chi connectivity index (χ0n) is 11.4. The Hall–Kier alpha value is -2.30. The molecule has 0 atom stereocenters. The normalized spacial score (nSPS) is 14.1. The largest absolute Gasteiger partial charge is 0.415 e. The van der Waals surface area contributed by atoms with Gasteiger partial charge >= 0.3 is 6.09 Å². The van der Waals surface area contributed by atoms with Gasteiger partial charge in [-0.1, -0.05) is 18.2 Å². The molecular formula is C15H17N3O2. The van der Waals surface area contributed by atoms with Crippen LogP contribution < -0.4 is 4.74 Å². The van der Waals surface area contributed by atoms with Gasteiger partial charge in [-0.15, -0.1) is 0 Å². The average molecular weight is 271 g/mol. The zero-order valence-corrected chi connectivity index (χ0v) is 11.4. The van der Waals surface area contributed by atoms with Crippen LogP contribution in [0.4, 0.5) is 4.79 Å². The van der Waals surface area contributed by atoms with Gasteiger partial charge in [0.1, 0.15) is 11.6 Å². The Labute approximate surface area is 117 Å². The highest BCUT2D eigenvalue weighted by atomic mass is 16.6. The second kappa shape index (κ2) is 5.36. The Balaban J connectivity index is 1.71. The van der Waals surface area contributed by atoms with Crippen LogP contribution in [0.2, 0.25) is 0 Å². The van der Waals surface area contributed by atoms with Crippen molar-refractivity contribution in [2.45, 2.75) is 25.4 Å². The smallest absolute Gasteiger partial charge is 0.410 e. The summed E-state index contributed by atoms with van der Waals surface area (Å²) in [5.41, 5.74) is 0. The molecule has 1 amide bonds. The van der Waals surface area contributed by atoms with Crippen molar-refractivity contribution in [3.63, 3.8) is 0 Å². The molecule has 104 valence electrons. The van der Waals surface area contributed by atoms with E-state index in [1.165, 1.54) is 0 Å². The van der Waals surface area contributed by atoms with Gasteiger partial charge in [0, 0.05) is 25.5 Å². The van der Waals surface area contributed by atoms with Crippen LogP contribution in [0, 0.1) is 0 Å². The molecule has 0 aliphatic heterocycles. The van der Waals surface area contributed by atoms with Crippen LogP contribution in [0.5, 0.6) is 5.75 Å². The number of hydrogen-bond donors (Lipinski definition) is 0. The highest BCUT2D eigenvalue weighted by Gasteiger charge is 2.34. The fourth-order valence-electron chi connectivity index (χ4n) is 2.08. The monoisotopic (exact) mass is 271 g/mol. The van der Waals surface area contributed by atoms with Crippen molar-refractivity contribution < 1.29 is 9.53 Å². The summed E-state index contributed by atoms with van der Waals surface area (Å²) in [5, 5.41) is 0. The van der Waals surface area contributed by atoms with E-state index in [2.05, 4.69) is 4.98 Å². The van der Waals surface area contributed by atoms with Crippen molar-refractivity contribution in [3.8, 4) is 5.75 Å². The summed E-state index contributed by atoms with van der Waals surface area (Å²) in [6.07, 6.45) is 5.39. The number of hydrogen-bond acceptors (Lipinski definition) is 3. The molecule has 5 nitrogen and oxygen atoms in total. The third kappa shape index (κ3) is 2.82. The van der Waals surface area contributed by atoms with E-state index in [-0.39, 0.29) is 12.1 Å². The maximum atomic E-state index is 12.3. The van der Waals surface area contributed by atoms with Crippen LogP contribution in [-0.4, -0.2) is 26.6 Å². The van der Waals surface area contributed by atoms with Crippen LogP contribution in [0.1, 0.15) is 18.7 Å². The first-order valence-corrected chi connectivity index (χ1v) is 6.74. The van der Waals surface area contributed by atoms with E-state index < -0.39 is 0 Å². The molecule has 2 aromatic rings. The second-order valence-electron chi connectivity index (χ2n) is 4.99. The Morgan fingerprint density at radius 2 is 2.15 bits per heavy atom. The van der Waals surface area contributed by atoms with E-state index >= 15 is 0 Å². The van der Waals surface area contributed by atoms with Gasteiger partial charge in [0.25, 0.3) is 0 Å². The fourth-order valence-corrected chi connectivity index (χ4v) is 2.08. The summed E-state index contributed by atoms with van der Waals surface area (Å²) < 4.78 is 7.34. The molecule has 1 aromatic heterocycles. The summed E-state index contributed by atoms with van der Waals surface area (Å²) in [6.45, 7) is 0.486. The van der Waals surface area contributed by atoms with Gasteiger partial charge in [-0.25, -0.2) is 9.78 Å². The lowest BCUT2D eigenvalue weighted by Crippen LogP contribution is -2.35. The average Bonchev–Trinajstić information content (AvgIpc) is 3.21. The summed E-state index contributed by atoms with van der Waals surface area (Å²) in [6, 6.07) is 9.44. The minimum atomic E-state index is -0.304. The minimum absolute atomic E-state index is 0.280. The number of carbonyl (C=O) groups is 1. The molecular weight excluding hydrogens is 254 g/mol. The predicted molar refractivity (Wildman–Crippen MR) is 74.2 cm³/mol. The lowest BCUT2D eigenvalue weighted by molar-refractivity contribution is 0.144. The van der Waals surface area contributed by atoms with Gasteiger partial charge in [-0.05, 0) is 25.0 Å². The maximum Gasteiger partial charge on any atom is 0.415 e. The molecule has 0 unspecified atom stereocenters. The molecule has 1 aromatic carbocycles. The maximum absolute atomic E-state index is 12.3. The lowest BCUT2D eigenvalue weighted by Gasteiger charge is -2.21. The van der Waals surface area contributed by atoms with Crippen molar-refractivity contribution in [3.05, 3.63) is 48.5 Å². The molecule has 0 bridgehead atoms. The van der Waals surface area contributed by atoms with Gasteiger partial charge in [-0.2, -0.15) is 0 Å². The first-order valence-electron chi connectivity index (χ1n) is 6.74. The van der Waals surface area contributed by atoms with Crippen LogP contribution in [-0.2, 0) is 13.6 Å². The topological polar surface area (TPSA) is 47.4 Å². The third-order valence-corrected chi connectivity index (χ3v) is 3.40. The van der Waals surface area contributed by atoms with Crippen molar-refractivity contribution >= 4 is 6.09 Å². The number of aromatic nitrogens is 2. The molecule has 3 rings (SSSR count). The van der Waals surface area contributed by atoms with Crippen LogP contribution >= 0.6 is 0 Å². The Morgan fingerprint density at radius 3 is 2.75 bits per heavy atom. The van der Waals surface area contributed by atoms with Gasteiger partial charge in [0.15, 0.2) is 0 Å². The molecule has 1 aliphatic carbocycles. The summed E-state index contributed by atoms with van der Waals surface area (Å²) >= 11 is 0. The SMILES string of the molecule is Cn1ccnc1CN(C(=O)Oc1ccccc1)C1CC1. The number of carbonyl (C=O) groups excluding carboxylic acids is 1. The van der Waals surface area contributed by atoms with Crippen molar-refractivity contribution in [2.24, 2.45) is 7.05 Å². The van der Waals surface area contributed by atoms with Crippen LogP contribution in [0.3, 0.4) is 0 Å². The highest BCUT2D eigenvalue weighted by molar-refractivity contribution is 5.71. The van der Waals surface area contributed by atoms with Gasteiger partial charge in [0.2, 0.25) is 0 Å². The molecule has 20 heavy (non-hydrogen) atoms. The zero-order chi connectivity index (χ0) is 13.9. The van der Waals surface area contributed by atoms with Gasteiger partial charge < -0.3 is 9.30 Å². The Kier molecular flexibility index (Phi) is 3.41. The molecule has 1 heterocycles. The third-order valence-electron chi connectivity index (χ3n) is 3.40. The van der Waals surface area contributed by atoms with Crippen molar-refractivity contribution in [2.75, 3.05) is 0 Å². The van der Waals surface area contributed by atoms with Gasteiger partial charge in [0.05, 0.1) is 6.54 Å². The molecule has 0 N–H and O–H groups in total.